The fourth-order valence-electron chi connectivity index (χ4n) is 2.44. The van der Waals surface area contributed by atoms with Crippen molar-refractivity contribution < 1.29 is 8.94 Å². The summed E-state index contributed by atoms with van der Waals surface area (Å²) in [7, 11) is 0. The van der Waals surface area contributed by atoms with Gasteiger partial charge >= 0.3 is 0 Å². The molecule has 0 aromatic carbocycles. The smallest absolute Gasteiger partial charge is 0.293 e. The average Bonchev–Trinajstić information content (AvgIpc) is 3.15. The molecule has 0 radical (unpaired) electrons. The van der Waals surface area contributed by atoms with E-state index < -0.39 is 0 Å². The second-order valence-electron chi connectivity index (χ2n) is 5.06. The molecule has 0 aliphatic heterocycles. The fraction of sp³-hybridized carbons (Fsp3) is 0.571. The van der Waals surface area contributed by atoms with E-state index in [2.05, 4.69) is 10.1 Å². The van der Waals surface area contributed by atoms with Gasteiger partial charge in [0, 0.05) is 5.25 Å². The molecule has 0 unspecified atom stereocenters. The standard InChI is InChI=1S/C14H19N3O2S/c15-8-10-6-7-12(18-10)14-16-13(17-19-14)9-20-11-4-2-1-3-5-11/h6-7,11H,1-5,8-9,15H2. The van der Waals surface area contributed by atoms with Crippen LogP contribution in [0.2, 0.25) is 0 Å². The summed E-state index contributed by atoms with van der Waals surface area (Å²) in [5.41, 5.74) is 5.51. The lowest BCUT2D eigenvalue weighted by atomic mass is 10.0. The molecule has 1 saturated carbocycles. The van der Waals surface area contributed by atoms with Crippen molar-refractivity contribution in [1.29, 1.82) is 0 Å². The van der Waals surface area contributed by atoms with Crippen molar-refractivity contribution in [2.45, 2.75) is 49.7 Å². The normalized spacial score (nSPS) is 16.6. The molecule has 0 saturated heterocycles. The summed E-state index contributed by atoms with van der Waals surface area (Å²) in [5, 5.41) is 4.76. The third kappa shape index (κ3) is 3.24. The highest BCUT2D eigenvalue weighted by Gasteiger charge is 2.17. The van der Waals surface area contributed by atoms with Crippen LogP contribution in [0, 0.1) is 0 Å². The third-order valence-electron chi connectivity index (χ3n) is 3.54. The minimum Gasteiger partial charge on any atom is -0.455 e. The molecular formula is C14H19N3O2S. The molecule has 1 aliphatic carbocycles. The van der Waals surface area contributed by atoms with Crippen molar-refractivity contribution >= 4 is 11.8 Å². The first-order valence-electron chi connectivity index (χ1n) is 7.08. The molecule has 108 valence electrons. The number of rotatable bonds is 5. The highest BCUT2D eigenvalue weighted by molar-refractivity contribution is 7.99. The maximum absolute atomic E-state index is 5.51. The SMILES string of the molecule is NCc1ccc(-c2nc(CSC3CCCCC3)no2)o1. The molecule has 0 bridgehead atoms. The van der Waals surface area contributed by atoms with Gasteiger partial charge in [-0.1, -0.05) is 24.4 Å². The van der Waals surface area contributed by atoms with Crippen LogP contribution in [0.3, 0.4) is 0 Å². The molecule has 1 aliphatic rings. The van der Waals surface area contributed by atoms with Gasteiger partial charge in [0.05, 0.1) is 12.3 Å². The van der Waals surface area contributed by atoms with Gasteiger partial charge in [-0.25, -0.2) is 0 Å². The van der Waals surface area contributed by atoms with Gasteiger partial charge in [-0.15, -0.1) is 0 Å². The Morgan fingerprint density at radius 1 is 1.25 bits per heavy atom. The van der Waals surface area contributed by atoms with Crippen molar-refractivity contribution in [2.75, 3.05) is 0 Å². The van der Waals surface area contributed by atoms with Gasteiger partial charge in [-0.2, -0.15) is 16.7 Å². The Balaban J connectivity index is 1.58. The Bertz CT molecular complexity index is 546. The van der Waals surface area contributed by atoms with Crippen LogP contribution in [0.5, 0.6) is 0 Å². The van der Waals surface area contributed by atoms with Crippen LogP contribution in [0.4, 0.5) is 0 Å². The van der Waals surface area contributed by atoms with E-state index >= 15 is 0 Å². The second-order valence-corrected chi connectivity index (χ2v) is 6.35. The van der Waals surface area contributed by atoms with Gasteiger partial charge in [-0.3, -0.25) is 0 Å². The highest BCUT2D eigenvalue weighted by Crippen LogP contribution is 2.30. The Kier molecular flexibility index (Phi) is 4.42. The summed E-state index contributed by atoms with van der Waals surface area (Å²) in [6.45, 7) is 0.374. The van der Waals surface area contributed by atoms with Gasteiger partial charge in [0.25, 0.3) is 5.89 Å². The van der Waals surface area contributed by atoms with E-state index in [9.17, 15) is 0 Å². The zero-order valence-corrected chi connectivity index (χ0v) is 12.2. The summed E-state index contributed by atoms with van der Waals surface area (Å²) in [4.78, 5) is 4.38. The van der Waals surface area contributed by atoms with E-state index in [1.54, 1.807) is 0 Å². The van der Waals surface area contributed by atoms with E-state index in [1.165, 1.54) is 32.1 Å². The minimum absolute atomic E-state index is 0.374. The molecule has 0 atom stereocenters. The lowest BCUT2D eigenvalue weighted by molar-refractivity contribution is 0.406. The second kappa shape index (κ2) is 6.45. The average molecular weight is 293 g/mol. The van der Waals surface area contributed by atoms with Gasteiger partial charge < -0.3 is 14.7 Å². The first-order valence-corrected chi connectivity index (χ1v) is 8.13. The predicted molar refractivity (Wildman–Crippen MR) is 78.1 cm³/mol. The number of furan rings is 1. The topological polar surface area (TPSA) is 78.1 Å². The van der Waals surface area contributed by atoms with E-state index in [-0.39, 0.29) is 0 Å². The molecule has 6 heteroatoms. The van der Waals surface area contributed by atoms with Crippen molar-refractivity contribution in [3.05, 3.63) is 23.7 Å². The predicted octanol–water partition coefficient (Wildman–Crippen LogP) is 3.35. The van der Waals surface area contributed by atoms with Crippen molar-refractivity contribution in [1.82, 2.24) is 10.1 Å². The van der Waals surface area contributed by atoms with Crippen molar-refractivity contribution in [3.63, 3.8) is 0 Å². The molecule has 2 heterocycles. The minimum atomic E-state index is 0.374. The molecule has 5 nitrogen and oxygen atoms in total. The molecule has 2 aromatic rings. The molecule has 20 heavy (non-hydrogen) atoms. The maximum Gasteiger partial charge on any atom is 0.293 e. The summed E-state index contributed by atoms with van der Waals surface area (Å²) >= 11 is 1.93. The van der Waals surface area contributed by atoms with Crippen LogP contribution in [0.25, 0.3) is 11.7 Å². The molecule has 2 aromatic heterocycles. The zero-order chi connectivity index (χ0) is 13.8. The molecule has 3 rings (SSSR count). The zero-order valence-electron chi connectivity index (χ0n) is 11.4. The number of aromatic nitrogens is 2. The number of nitrogens with two attached hydrogens (primary N) is 1. The van der Waals surface area contributed by atoms with E-state index in [1.807, 2.05) is 23.9 Å². The summed E-state index contributed by atoms with van der Waals surface area (Å²) in [6.07, 6.45) is 6.71. The van der Waals surface area contributed by atoms with E-state index in [0.717, 1.165) is 22.6 Å². The number of hydrogen-bond donors (Lipinski definition) is 1. The monoisotopic (exact) mass is 293 g/mol. The van der Waals surface area contributed by atoms with Crippen LogP contribution in [-0.4, -0.2) is 15.4 Å². The molecule has 1 fully saturated rings. The van der Waals surface area contributed by atoms with Crippen molar-refractivity contribution in [3.8, 4) is 11.7 Å². The van der Waals surface area contributed by atoms with Gasteiger partial charge in [0.2, 0.25) is 0 Å². The largest absolute Gasteiger partial charge is 0.455 e. The first-order chi connectivity index (χ1) is 9.85. The highest BCUT2D eigenvalue weighted by atomic mass is 32.2. The van der Waals surface area contributed by atoms with Crippen LogP contribution < -0.4 is 5.73 Å². The lowest BCUT2D eigenvalue weighted by Gasteiger charge is -2.19. The van der Waals surface area contributed by atoms with Crippen molar-refractivity contribution in [2.24, 2.45) is 5.73 Å². The van der Waals surface area contributed by atoms with Gasteiger partial charge in [0.1, 0.15) is 5.76 Å². The number of nitrogens with zero attached hydrogens (tertiary/aromatic N) is 2. The Hall–Kier alpha value is -1.27. The summed E-state index contributed by atoms with van der Waals surface area (Å²) < 4.78 is 10.7. The Morgan fingerprint density at radius 2 is 2.10 bits per heavy atom. The quantitative estimate of drug-likeness (QED) is 0.910. The van der Waals surface area contributed by atoms with E-state index in [0.29, 0.717) is 18.2 Å². The summed E-state index contributed by atoms with van der Waals surface area (Å²) in [5.74, 6) is 3.28. The molecule has 2 N–H and O–H groups in total. The first kappa shape index (κ1) is 13.7. The van der Waals surface area contributed by atoms with Crippen LogP contribution in [0.15, 0.2) is 21.1 Å². The molecule has 0 amide bonds. The Morgan fingerprint density at radius 3 is 2.85 bits per heavy atom. The van der Waals surface area contributed by atoms with E-state index in [4.69, 9.17) is 14.7 Å². The molecular weight excluding hydrogens is 274 g/mol. The summed E-state index contributed by atoms with van der Waals surface area (Å²) in [6, 6.07) is 3.64. The van der Waals surface area contributed by atoms with Gasteiger partial charge in [-0.05, 0) is 25.0 Å². The number of hydrogen-bond acceptors (Lipinski definition) is 6. The van der Waals surface area contributed by atoms with Crippen LogP contribution >= 0.6 is 11.8 Å². The van der Waals surface area contributed by atoms with Crippen LogP contribution in [-0.2, 0) is 12.3 Å². The third-order valence-corrected chi connectivity index (χ3v) is 4.91. The van der Waals surface area contributed by atoms with Gasteiger partial charge in [0.15, 0.2) is 11.6 Å². The lowest BCUT2D eigenvalue weighted by Crippen LogP contribution is -2.08. The fourth-order valence-corrected chi connectivity index (χ4v) is 3.61. The molecule has 0 spiro atoms. The Labute approximate surface area is 122 Å². The van der Waals surface area contributed by atoms with Crippen LogP contribution in [0.1, 0.15) is 43.7 Å². The maximum atomic E-state index is 5.51. The number of thioether (sulfide) groups is 1.